The van der Waals surface area contributed by atoms with Gasteiger partial charge in [-0.05, 0) is 61.2 Å². The van der Waals surface area contributed by atoms with Gasteiger partial charge in [0.2, 0.25) is 11.7 Å². The number of rotatable bonds is 6. The van der Waals surface area contributed by atoms with Gasteiger partial charge in [-0.25, -0.2) is 0 Å². The average molecular weight is 409 g/mol. The van der Waals surface area contributed by atoms with Crippen molar-refractivity contribution in [2.24, 2.45) is 0 Å². The highest BCUT2D eigenvalue weighted by atomic mass is 16.6. The highest BCUT2D eigenvalue weighted by Gasteiger charge is 2.28. The molecule has 158 valence electrons. The minimum absolute atomic E-state index is 0.000223. The number of nitrogens with zero attached hydrogens (tertiary/aromatic N) is 1. The van der Waals surface area contributed by atoms with Crippen molar-refractivity contribution in [3.8, 4) is 23.0 Å². The molecule has 2 aromatic rings. The number of hydrogen-bond donors (Lipinski definition) is 0. The molecule has 1 saturated heterocycles. The first-order valence-corrected chi connectivity index (χ1v) is 10.4. The lowest BCUT2D eigenvalue weighted by molar-refractivity contribution is -0.126. The van der Waals surface area contributed by atoms with Crippen LogP contribution in [0.3, 0.4) is 0 Å². The summed E-state index contributed by atoms with van der Waals surface area (Å²) in [6.45, 7) is 4.36. The van der Waals surface area contributed by atoms with E-state index in [0.717, 1.165) is 36.3 Å². The molecule has 2 aromatic carbocycles. The number of carbonyl (C=O) groups is 1. The fraction of sp³-hybridized carbons (Fsp3) is 0.375. The molecule has 2 heterocycles. The quantitative estimate of drug-likeness (QED) is 0.668. The predicted molar refractivity (Wildman–Crippen MR) is 114 cm³/mol. The summed E-state index contributed by atoms with van der Waals surface area (Å²) >= 11 is 0. The molecule has 1 fully saturated rings. The number of amides is 1. The number of likely N-dealkylation sites (tertiary alicyclic amines) is 1. The van der Waals surface area contributed by atoms with Gasteiger partial charge in [-0.1, -0.05) is 12.1 Å². The van der Waals surface area contributed by atoms with Gasteiger partial charge in [-0.2, -0.15) is 0 Å². The largest absolute Gasteiger partial charge is 0.494 e. The van der Waals surface area contributed by atoms with E-state index in [9.17, 15) is 4.79 Å². The molecule has 30 heavy (non-hydrogen) atoms. The number of benzene rings is 2. The van der Waals surface area contributed by atoms with Gasteiger partial charge in [0.1, 0.15) is 19.0 Å². The molecule has 6 heteroatoms. The van der Waals surface area contributed by atoms with E-state index in [1.54, 1.807) is 19.3 Å². The van der Waals surface area contributed by atoms with Crippen molar-refractivity contribution in [2.45, 2.75) is 25.8 Å². The number of fused-ring (bicyclic) bond motifs is 1. The summed E-state index contributed by atoms with van der Waals surface area (Å²) in [6, 6.07) is 11.9. The third kappa shape index (κ3) is 4.22. The molecule has 2 aliphatic heterocycles. The maximum Gasteiger partial charge on any atom is 0.247 e. The van der Waals surface area contributed by atoms with E-state index in [0.29, 0.717) is 37.1 Å². The predicted octanol–water partition coefficient (Wildman–Crippen LogP) is 4.24. The molecule has 1 unspecified atom stereocenters. The standard InChI is InChI=1S/C24H27NO5/c1-3-28-19-9-7-18(8-10-19)20-5-4-12-25(20)23(26)11-6-17-15-21(27-2)24-22(16-17)29-13-14-30-24/h6-11,15-16,20H,3-5,12-14H2,1-2H3/b11-6+. The number of ether oxygens (including phenoxy) is 4. The highest BCUT2D eigenvalue weighted by Crippen LogP contribution is 2.40. The molecule has 1 amide bonds. The minimum Gasteiger partial charge on any atom is -0.494 e. The van der Waals surface area contributed by atoms with Crippen molar-refractivity contribution < 1.29 is 23.7 Å². The summed E-state index contributed by atoms with van der Waals surface area (Å²) in [4.78, 5) is 14.9. The topological polar surface area (TPSA) is 57.2 Å². The molecule has 0 aliphatic carbocycles. The van der Waals surface area contributed by atoms with Crippen molar-refractivity contribution in [3.05, 3.63) is 53.6 Å². The smallest absolute Gasteiger partial charge is 0.247 e. The Morgan fingerprint density at radius 3 is 2.77 bits per heavy atom. The van der Waals surface area contributed by atoms with E-state index in [1.807, 2.05) is 36.1 Å². The molecule has 0 N–H and O–H groups in total. The van der Waals surface area contributed by atoms with Gasteiger partial charge in [0.15, 0.2) is 11.5 Å². The van der Waals surface area contributed by atoms with Gasteiger partial charge in [0.25, 0.3) is 0 Å². The molecule has 0 aromatic heterocycles. The Kier molecular flexibility index (Phi) is 6.12. The van der Waals surface area contributed by atoms with Crippen LogP contribution in [0.15, 0.2) is 42.5 Å². The zero-order chi connectivity index (χ0) is 20.9. The third-order valence-corrected chi connectivity index (χ3v) is 5.38. The third-order valence-electron chi connectivity index (χ3n) is 5.38. The van der Waals surface area contributed by atoms with Crippen LogP contribution >= 0.6 is 0 Å². The van der Waals surface area contributed by atoms with E-state index >= 15 is 0 Å². The lowest BCUT2D eigenvalue weighted by Crippen LogP contribution is -2.28. The van der Waals surface area contributed by atoms with Crippen LogP contribution in [0.1, 0.15) is 36.9 Å². The Labute approximate surface area is 177 Å². The van der Waals surface area contributed by atoms with Gasteiger partial charge < -0.3 is 23.8 Å². The van der Waals surface area contributed by atoms with Crippen LogP contribution in [-0.2, 0) is 4.79 Å². The Bertz CT molecular complexity index is 905. The van der Waals surface area contributed by atoms with Gasteiger partial charge in [0, 0.05) is 12.6 Å². The summed E-state index contributed by atoms with van der Waals surface area (Å²) in [5.41, 5.74) is 1.97. The summed E-state index contributed by atoms with van der Waals surface area (Å²) in [5.74, 6) is 2.71. The molecule has 0 spiro atoms. The second kappa shape index (κ2) is 9.11. The minimum atomic E-state index is 0.000223. The fourth-order valence-corrected chi connectivity index (χ4v) is 3.98. The summed E-state index contributed by atoms with van der Waals surface area (Å²) in [6.07, 6.45) is 5.38. The van der Waals surface area contributed by atoms with Crippen LogP contribution in [0.25, 0.3) is 6.08 Å². The molecule has 6 nitrogen and oxygen atoms in total. The van der Waals surface area contributed by atoms with Crippen LogP contribution in [-0.4, -0.2) is 44.3 Å². The van der Waals surface area contributed by atoms with Crippen LogP contribution in [0.4, 0.5) is 0 Å². The Balaban J connectivity index is 1.49. The first-order chi connectivity index (χ1) is 14.7. The van der Waals surface area contributed by atoms with E-state index in [1.165, 1.54) is 0 Å². The lowest BCUT2D eigenvalue weighted by Gasteiger charge is -2.24. The molecule has 4 rings (SSSR count). The molecule has 0 bridgehead atoms. The Morgan fingerprint density at radius 2 is 2.00 bits per heavy atom. The van der Waals surface area contributed by atoms with E-state index in [4.69, 9.17) is 18.9 Å². The zero-order valence-corrected chi connectivity index (χ0v) is 17.4. The molecular weight excluding hydrogens is 382 g/mol. The van der Waals surface area contributed by atoms with Gasteiger partial charge >= 0.3 is 0 Å². The molecular formula is C24H27NO5. The van der Waals surface area contributed by atoms with Gasteiger partial charge in [-0.15, -0.1) is 0 Å². The van der Waals surface area contributed by atoms with Crippen molar-refractivity contribution in [2.75, 3.05) is 33.5 Å². The van der Waals surface area contributed by atoms with Crippen molar-refractivity contribution in [1.82, 2.24) is 4.90 Å². The second-order valence-corrected chi connectivity index (χ2v) is 7.27. The van der Waals surface area contributed by atoms with Crippen molar-refractivity contribution in [3.63, 3.8) is 0 Å². The first-order valence-electron chi connectivity index (χ1n) is 10.4. The first kappa shape index (κ1) is 20.1. The van der Waals surface area contributed by atoms with Crippen LogP contribution in [0.2, 0.25) is 0 Å². The SMILES string of the molecule is CCOc1ccc(C2CCCN2C(=O)/C=C/c2cc(OC)c3c(c2)OCCO3)cc1. The lowest BCUT2D eigenvalue weighted by atomic mass is 10.0. The maximum absolute atomic E-state index is 12.9. The number of hydrogen-bond acceptors (Lipinski definition) is 5. The summed E-state index contributed by atoms with van der Waals surface area (Å²) in [5, 5.41) is 0. The Hall–Kier alpha value is -3.15. The van der Waals surface area contributed by atoms with Gasteiger partial charge in [-0.3, -0.25) is 4.79 Å². The van der Waals surface area contributed by atoms with Gasteiger partial charge in [0.05, 0.1) is 19.8 Å². The van der Waals surface area contributed by atoms with Crippen LogP contribution in [0, 0.1) is 0 Å². The molecule has 1 atom stereocenters. The molecule has 0 saturated carbocycles. The number of carbonyl (C=O) groups excluding carboxylic acids is 1. The van der Waals surface area contributed by atoms with E-state index in [2.05, 4.69) is 12.1 Å². The summed E-state index contributed by atoms with van der Waals surface area (Å²) in [7, 11) is 1.60. The zero-order valence-electron chi connectivity index (χ0n) is 17.4. The molecule has 2 aliphatic rings. The normalized spacial score (nSPS) is 17.9. The van der Waals surface area contributed by atoms with E-state index < -0.39 is 0 Å². The Morgan fingerprint density at radius 1 is 1.20 bits per heavy atom. The maximum atomic E-state index is 12.9. The van der Waals surface area contributed by atoms with Crippen LogP contribution < -0.4 is 18.9 Å². The second-order valence-electron chi connectivity index (χ2n) is 7.27. The fourth-order valence-electron chi connectivity index (χ4n) is 3.98. The highest BCUT2D eigenvalue weighted by molar-refractivity contribution is 5.92. The van der Waals surface area contributed by atoms with Crippen molar-refractivity contribution in [1.29, 1.82) is 0 Å². The van der Waals surface area contributed by atoms with Crippen molar-refractivity contribution >= 4 is 12.0 Å². The number of methoxy groups -OCH3 is 1. The average Bonchev–Trinajstić information content (AvgIpc) is 3.27. The van der Waals surface area contributed by atoms with E-state index in [-0.39, 0.29) is 11.9 Å². The molecule has 0 radical (unpaired) electrons. The monoisotopic (exact) mass is 409 g/mol. The summed E-state index contributed by atoms with van der Waals surface area (Å²) < 4.78 is 22.2. The van der Waals surface area contributed by atoms with Crippen LogP contribution in [0.5, 0.6) is 23.0 Å².